The first-order valence-corrected chi connectivity index (χ1v) is 9.90. The van der Waals surface area contributed by atoms with Crippen molar-refractivity contribution in [3.05, 3.63) is 95.6 Å². The highest BCUT2D eigenvalue weighted by molar-refractivity contribution is 6.00. The molecule has 0 unspecified atom stereocenters. The summed E-state index contributed by atoms with van der Waals surface area (Å²) in [6.45, 7) is 0.999. The lowest BCUT2D eigenvalue weighted by Crippen LogP contribution is -2.35. The number of amides is 3. The Labute approximate surface area is 179 Å². The van der Waals surface area contributed by atoms with Gasteiger partial charge in [0, 0.05) is 37.2 Å². The molecule has 2 aromatic carbocycles. The minimum absolute atomic E-state index is 0.0712. The molecule has 31 heavy (non-hydrogen) atoms. The average molecular weight is 416 g/mol. The van der Waals surface area contributed by atoms with Crippen LogP contribution in [0.25, 0.3) is 6.08 Å². The second-order valence-electron chi connectivity index (χ2n) is 7.13. The minimum atomic E-state index is -0.516. The molecule has 156 valence electrons. The molecule has 2 N–H and O–H groups in total. The third-order valence-electron chi connectivity index (χ3n) is 5.07. The Bertz CT molecular complexity index is 1130. The van der Waals surface area contributed by atoms with Gasteiger partial charge in [-0.15, -0.1) is 0 Å². The lowest BCUT2D eigenvalue weighted by Gasteiger charge is -2.29. The maximum atomic E-state index is 13.8. The van der Waals surface area contributed by atoms with Crippen molar-refractivity contribution in [1.82, 2.24) is 9.88 Å². The number of anilines is 2. The topological polar surface area (TPSA) is 74.3 Å². The number of urea groups is 1. The normalized spacial score (nSPS) is 13.0. The van der Waals surface area contributed by atoms with Gasteiger partial charge in [0.2, 0.25) is 5.91 Å². The third kappa shape index (κ3) is 4.95. The zero-order valence-electron chi connectivity index (χ0n) is 16.7. The van der Waals surface area contributed by atoms with Gasteiger partial charge in [-0.2, -0.15) is 0 Å². The van der Waals surface area contributed by atoms with Gasteiger partial charge >= 0.3 is 6.03 Å². The quantitative estimate of drug-likeness (QED) is 0.617. The molecule has 0 saturated heterocycles. The SMILES string of the molecule is O=C(Nc1ccccc1F)Nc1cccc2c1CCN(C(=O)C=Cc1ccncc1)C2. The molecule has 0 fully saturated rings. The Morgan fingerprint density at radius 1 is 0.968 bits per heavy atom. The van der Waals surface area contributed by atoms with Crippen LogP contribution in [0.2, 0.25) is 0 Å². The predicted octanol–water partition coefficient (Wildman–Crippen LogP) is 4.46. The molecule has 7 heteroatoms. The molecule has 2 heterocycles. The molecule has 3 aromatic rings. The van der Waals surface area contributed by atoms with E-state index in [2.05, 4.69) is 15.6 Å². The molecule has 4 rings (SSSR count). The molecule has 0 atom stereocenters. The van der Waals surface area contributed by atoms with E-state index in [0.717, 1.165) is 16.7 Å². The summed E-state index contributed by atoms with van der Waals surface area (Å²) in [6.07, 6.45) is 7.30. The fraction of sp³-hybridized carbons (Fsp3) is 0.125. The van der Waals surface area contributed by atoms with Crippen LogP contribution in [0.3, 0.4) is 0 Å². The number of fused-ring (bicyclic) bond motifs is 1. The van der Waals surface area contributed by atoms with Crippen molar-refractivity contribution in [2.75, 3.05) is 17.2 Å². The number of aromatic nitrogens is 1. The van der Waals surface area contributed by atoms with Crippen LogP contribution in [0.4, 0.5) is 20.6 Å². The van der Waals surface area contributed by atoms with Crippen LogP contribution in [0.1, 0.15) is 16.7 Å². The molecule has 0 bridgehead atoms. The number of carbonyl (C=O) groups is 2. The third-order valence-corrected chi connectivity index (χ3v) is 5.07. The van der Waals surface area contributed by atoms with Gasteiger partial charge in [-0.05, 0) is 59.5 Å². The number of para-hydroxylation sites is 1. The van der Waals surface area contributed by atoms with Gasteiger partial charge in [0.25, 0.3) is 0 Å². The molecule has 1 aliphatic rings. The van der Waals surface area contributed by atoms with Gasteiger partial charge < -0.3 is 15.5 Å². The van der Waals surface area contributed by atoms with Gasteiger partial charge in [0.05, 0.1) is 5.69 Å². The van der Waals surface area contributed by atoms with Crippen LogP contribution in [0.15, 0.2) is 73.1 Å². The second-order valence-corrected chi connectivity index (χ2v) is 7.13. The van der Waals surface area contributed by atoms with Gasteiger partial charge in [-0.1, -0.05) is 24.3 Å². The number of carbonyl (C=O) groups excluding carboxylic acids is 2. The van der Waals surface area contributed by atoms with Crippen molar-refractivity contribution in [3.8, 4) is 0 Å². The second kappa shape index (κ2) is 9.21. The molecule has 0 aliphatic carbocycles. The molecule has 0 spiro atoms. The summed E-state index contributed by atoms with van der Waals surface area (Å²) in [5.41, 5.74) is 3.63. The highest BCUT2D eigenvalue weighted by Gasteiger charge is 2.22. The van der Waals surface area contributed by atoms with Crippen molar-refractivity contribution < 1.29 is 14.0 Å². The molecule has 0 saturated carbocycles. The standard InChI is InChI=1S/C24H21FN4O2/c25-20-5-1-2-6-22(20)28-24(31)27-21-7-3-4-18-16-29(15-12-19(18)21)23(30)9-8-17-10-13-26-14-11-17/h1-11,13-14H,12,15-16H2,(H2,27,28,31). The molecule has 0 radical (unpaired) electrons. The summed E-state index contributed by atoms with van der Waals surface area (Å²) in [7, 11) is 0. The first-order valence-electron chi connectivity index (χ1n) is 9.90. The summed E-state index contributed by atoms with van der Waals surface area (Å²) in [6, 6.07) is 14.7. The van der Waals surface area contributed by atoms with Gasteiger partial charge in [0.1, 0.15) is 5.82 Å². The Kier molecular flexibility index (Phi) is 6.03. The van der Waals surface area contributed by atoms with Crippen LogP contribution >= 0.6 is 0 Å². The number of nitrogens with zero attached hydrogens (tertiary/aromatic N) is 2. The minimum Gasteiger partial charge on any atom is -0.334 e. The summed E-state index contributed by atoms with van der Waals surface area (Å²) in [5, 5.41) is 5.32. The van der Waals surface area contributed by atoms with Crippen molar-refractivity contribution >= 4 is 29.4 Å². The maximum absolute atomic E-state index is 13.8. The number of nitrogens with one attached hydrogen (secondary N) is 2. The molecular formula is C24H21FN4O2. The molecule has 3 amide bonds. The Morgan fingerprint density at radius 2 is 1.71 bits per heavy atom. The summed E-state index contributed by atoms with van der Waals surface area (Å²) in [4.78, 5) is 30.7. The smallest absolute Gasteiger partial charge is 0.323 e. The summed E-state index contributed by atoms with van der Waals surface area (Å²) < 4.78 is 13.8. The number of pyridine rings is 1. The van der Waals surface area contributed by atoms with Crippen LogP contribution in [-0.2, 0) is 17.8 Å². The number of benzene rings is 2. The van der Waals surface area contributed by atoms with E-state index >= 15 is 0 Å². The van der Waals surface area contributed by atoms with Gasteiger partial charge in [-0.25, -0.2) is 9.18 Å². The van der Waals surface area contributed by atoms with Crippen LogP contribution in [0.5, 0.6) is 0 Å². The maximum Gasteiger partial charge on any atom is 0.323 e. The summed E-state index contributed by atoms with van der Waals surface area (Å²) in [5.74, 6) is -0.570. The number of halogens is 1. The van der Waals surface area contributed by atoms with E-state index in [1.807, 2.05) is 24.3 Å². The Hall–Kier alpha value is -4.00. The van der Waals surface area contributed by atoms with Crippen molar-refractivity contribution in [2.45, 2.75) is 13.0 Å². The fourth-order valence-corrected chi connectivity index (χ4v) is 3.50. The van der Waals surface area contributed by atoms with Crippen LogP contribution < -0.4 is 10.6 Å². The molecule has 1 aliphatic heterocycles. The van der Waals surface area contributed by atoms with E-state index in [-0.39, 0.29) is 11.6 Å². The fourth-order valence-electron chi connectivity index (χ4n) is 3.50. The highest BCUT2D eigenvalue weighted by Crippen LogP contribution is 2.27. The Morgan fingerprint density at radius 3 is 2.52 bits per heavy atom. The number of rotatable bonds is 4. The zero-order valence-corrected chi connectivity index (χ0v) is 16.7. The van der Waals surface area contributed by atoms with Crippen molar-refractivity contribution in [1.29, 1.82) is 0 Å². The first kappa shape index (κ1) is 20.3. The predicted molar refractivity (Wildman–Crippen MR) is 118 cm³/mol. The average Bonchev–Trinajstić information content (AvgIpc) is 2.79. The Balaban J connectivity index is 1.42. The largest absolute Gasteiger partial charge is 0.334 e. The first-order chi connectivity index (χ1) is 15.1. The van der Waals surface area contributed by atoms with E-state index in [0.29, 0.717) is 25.2 Å². The van der Waals surface area contributed by atoms with Gasteiger partial charge in [0.15, 0.2) is 0 Å². The monoisotopic (exact) mass is 416 g/mol. The van der Waals surface area contributed by atoms with E-state index < -0.39 is 11.8 Å². The van der Waals surface area contributed by atoms with E-state index in [1.54, 1.807) is 47.6 Å². The molecule has 6 nitrogen and oxygen atoms in total. The van der Waals surface area contributed by atoms with Crippen LogP contribution in [-0.4, -0.2) is 28.4 Å². The van der Waals surface area contributed by atoms with Crippen molar-refractivity contribution in [2.24, 2.45) is 0 Å². The number of hydrogen-bond acceptors (Lipinski definition) is 3. The summed E-state index contributed by atoms with van der Waals surface area (Å²) >= 11 is 0. The van der Waals surface area contributed by atoms with E-state index in [9.17, 15) is 14.0 Å². The zero-order chi connectivity index (χ0) is 21.6. The van der Waals surface area contributed by atoms with E-state index in [1.165, 1.54) is 12.1 Å². The van der Waals surface area contributed by atoms with Gasteiger partial charge in [-0.3, -0.25) is 9.78 Å². The van der Waals surface area contributed by atoms with Crippen molar-refractivity contribution in [3.63, 3.8) is 0 Å². The van der Waals surface area contributed by atoms with Crippen LogP contribution in [0, 0.1) is 5.82 Å². The molecule has 1 aromatic heterocycles. The lowest BCUT2D eigenvalue weighted by atomic mass is 9.97. The number of hydrogen-bond donors (Lipinski definition) is 2. The van der Waals surface area contributed by atoms with E-state index in [4.69, 9.17) is 0 Å². The lowest BCUT2D eigenvalue weighted by molar-refractivity contribution is -0.126. The molecular weight excluding hydrogens is 395 g/mol. The highest BCUT2D eigenvalue weighted by atomic mass is 19.1.